The van der Waals surface area contributed by atoms with Crippen LogP contribution in [0.3, 0.4) is 0 Å². The van der Waals surface area contributed by atoms with E-state index in [0.717, 1.165) is 12.1 Å². The number of halogens is 3. The van der Waals surface area contributed by atoms with Crippen molar-refractivity contribution in [2.24, 2.45) is 5.92 Å². The minimum absolute atomic E-state index is 0.0835. The molecule has 1 N–H and O–H groups in total. The van der Waals surface area contributed by atoms with Gasteiger partial charge in [0.15, 0.2) is 0 Å². The van der Waals surface area contributed by atoms with E-state index in [2.05, 4.69) is 27.3 Å². The van der Waals surface area contributed by atoms with Gasteiger partial charge in [0.2, 0.25) is 10.0 Å². The van der Waals surface area contributed by atoms with Crippen molar-refractivity contribution in [2.45, 2.75) is 24.8 Å². The molecule has 0 aliphatic rings. The van der Waals surface area contributed by atoms with E-state index in [1.807, 2.05) is 13.8 Å². The minimum Gasteiger partial charge on any atom is -0.207 e. The predicted octanol–water partition coefficient (Wildman–Crippen LogP) is 2.70. The molecule has 3 nitrogen and oxygen atoms in total. The molecular formula is C11H14F2INO2S. The lowest BCUT2D eigenvalue weighted by molar-refractivity contribution is 0.481. The van der Waals surface area contributed by atoms with E-state index in [9.17, 15) is 17.2 Å². The Kier molecular flexibility index (Phi) is 5.47. The SMILES string of the molecule is CC(C)C(CI)NS(=O)(=O)c1ccc(F)cc1F. The van der Waals surface area contributed by atoms with E-state index < -0.39 is 26.6 Å². The van der Waals surface area contributed by atoms with Crippen LogP contribution in [-0.4, -0.2) is 18.9 Å². The molecule has 1 rings (SSSR count). The smallest absolute Gasteiger partial charge is 0.207 e. The normalized spacial score (nSPS) is 13.9. The summed E-state index contributed by atoms with van der Waals surface area (Å²) in [6, 6.07) is 2.12. The monoisotopic (exact) mass is 389 g/mol. The molecule has 0 amide bonds. The van der Waals surface area contributed by atoms with Crippen molar-refractivity contribution in [1.29, 1.82) is 0 Å². The zero-order chi connectivity index (χ0) is 13.9. The average molecular weight is 389 g/mol. The molecule has 1 atom stereocenters. The number of benzene rings is 1. The van der Waals surface area contributed by atoms with E-state index >= 15 is 0 Å². The maximum atomic E-state index is 13.4. The van der Waals surface area contributed by atoms with Crippen molar-refractivity contribution in [3.8, 4) is 0 Å². The standard InChI is InChI=1S/C11H14F2INO2S/c1-7(2)10(6-14)15-18(16,17)11-4-3-8(12)5-9(11)13/h3-5,7,10,15H,6H2,1-2H3. The molecule has 102 valence electrons. The molecule has 0 fully saturated rings. The minimum atomic E-state index is -3.96. The van der Waals surface area contributed by atoms with Crippen LogP contribution >= 0.6 is 22.6 Å². The first-order chi connectivity index (χ1) is 8.27. The van der Waals surface area contributed by atoms with Crippen molar-refractivity contribution < 1.29 is 17.2 Å². The summed E-state index contributed by atoms with van der Waals surface area (Å²) in [5.41, 5.74) is 0. The van der Waals surface area contributed by atoms with Crippen LogP contribution in [-0.2, 0) is 10.0 Å². The fraction of sp³-hybridized carbons (Fsp3) is 0.455. The van der Waals surface area contributed by atoms with E-state index in [-0.39, 0.29) is 12.0 Å². The molecule has 0 saturated heterocycles. The Labute approximate surface area is 119 Å². The van der Waals surface area contributed by atoms with Crippen molar-refractivity contribution in [1.82, 2.24) is 4.72 Å². The third-order valence-corrected chi connectivity index (χ3v) is 4.93. The Balaban J connectivity index is 3.06. The van der Waals surface area contributed by atoms with Gasteiger partial charge in [0.1, 0.15) is 16.5 Å². The highest BCUT2D eigenvalue weighted by atomic mass is 127. The van der Waals surface area contributed by atoms with Gasteiger partial charge in [0, 0.05) is 16.5 Å². The van der Waals surface area contributed by atoms with Gasteiger partial charge in [-0.3, -0.25) is 0 Å². The predicted molar refractivity (Wildman–Crippen MR) is 74.2 cm³/mol. The number of rotatable bonds is 5. The van der Waals surface area contributed by atoms with Crippen LogP contribution in [0.4, 0.5) is 8.78 Å². The summed E-state index contributed by atoms with van der Waals surface area (Å²) in [5.74, 6) is -1.81. The quantitative estimate of drug-likeness (QED) is 0.622. The summed E-state index contributed by atoms with van der Waals surface area (Å²) < 4.78 is 53.1. The summed E-state index contributed by atoms with van der Waals surface area (Å²) >= 11 is 2.06. The fourth-order valence-corrected chi connectivity index (χ4v) is 4.28. The van der Waals surface area contributed by atoms with Gasteiger partial charge in [-0.05, 0) is 18.1 Å². The van der Waals surface area contributed by atoms with Crippen LogP contribution in [0.5, 0.6) is 0 Å². The molecule has 0 spiro atoms. The largest absolute Gasteiger partial charge is 0.243 e. The summed E-state index contributed by atoms with van der Waals surface area (Å²) in [7, 11) is -3.96. The van der Waals surface area contributed by atoms with Crippen LogP contribution in [0.25, 0.3) is 0 Å². The molecule has 0 heterocycles. The molecule has 0 aliphatic heterocycles. The number of alkyl halides is 1. The van der Waals surface area contributed by atoms with E-state index in [1.165, 1.54) is 0 Å². The lowest BCUT2D eigenvalue weighted by Gasteiger charge is -2.20. The topological polar surface area (TPSA) is 46.2 Å². The highest BCUT2D eigenvalue weighted by Gasteiger charge is 2.24. The zero-order valence-corrected chi connectivity index (χ0v) is 12.9. The van der Waals surface area contributed by atoms with Crippen LogP contribution in [0.15, 0.2) is 23.1 Å². The first-order valence-electron chi connectivity index (χ1n) is 5.31. The molecule has 1 aromatic rings. The van der Waals surface area contributed by atoms with Gasteiger partial charge in [-0.15, -0.1) is 0 Å². The Bertz CT molecular complexity index is 520. The number of hydrogen-bond acceptors (Lipinski definition) is 2. The highest BCUT2D eigenvalue weighted by Crippen LogP contribution is 2.17. The van der Waals surface area contributed by atoms with Crippen LogP contribution in [0, 0.1) is 17.6 Å². The lowest BCUT2D eigenvalue weighted by Crippen LogP contribution is -2.39. The second-order valence-electron chi connectivity index (χ2n) is 4.20. The highest BCUT2D eigenvalue weighted by molar-refractivity contribution is 14.1. The molecule has 0 bridgehead atoms. The van der Waals surface area contributed by atoms with Gasteiger partial charge in [0.05, 0.1) is 0 Å². The molecule has 18 heavy (non-hydrogen) atoms. The Morgan fingerprint density at radius 2 is 1.94 bits per heavy atom. The second kappa shape index (κ2) is 6.25. The van der Waals surface area contributed by atoms with Gasteiger partial charge >= 0.3 is 0 Å². The molecule has 0 saturated carbocycles. The molecule has 7 heteroatoms. The second-order valence-corrected chi connectivity index (χ2v) is 6.76. The Morgan fingerprint density at radius 1 is 1.33 bits per heavy atom. The number of sulfonamides is 1. The van der Waals surface area contributed by atoms with Gasteiger partial charge in [-0.1, -0.05) is 36.4 Å². The number of nitrogens with one attached hydrogen (secondary N) is 1. The Morgan fingerprint density at radius 3 is 2.39 bits per heavy atom. The summed E-state index contributed by atoms with van der Waals surface area (Å²) in [6.45, 7) is 3.74. The molecule has 1 unspecified atom stereocenters. The van der Waals surface area contributed by atoms with Crippen molar-refractivity contribution in [3.05, 3.63) is 29.8 Å². The van der Waals surface area contributed by atoms with Crippen molar-refractivity contribution in [3.63, 3.8) is 0 Å². The molecule has 0 radical (unpaired) electrons. The van der Waals surface area contributed by atoms with Gasteiger partial charge < -0.3 is 0 Å². The zero-order valence-electron chi connectivity index (χ0n) is 9.95. The third-order valence-electron chi connectivity index (χ3n) is 2.46. The summed E-state index contributed by atoms with van der Waals surface area (Å²) in [5, 5.41) is 0. The maximum Gasteiger partial charge on any atom is 0.243 e. The van der Waals surface area contributed by atoms with E-state index in [4.69, 9.17) is 0 Å². The first kappa shape index (κ1) is 15.8. The average Bonchev–Trinajstić information content (AvgIpc) is 2.24. The van der Waals surface area contributed by atoms with Crippen molar-refractivity contribution >= 4 is 32.6 Å². The molecular weight excluding hydrogens is 375 g/mol. The van der Waals surface area contributed by atoms with Crippen LogP contribution < -0.4 is 4.72 Å². The van der Waals surface area contributed by atoms with Gasteiger partial charge in [-0.2, -0.15) is 0 Å². The van der Waals surface area contributed by atoms with E-state index in [1.54, 1.807) is 0 Å². The fourth-order valence-electron chi connectivity index (χ4n) is 1.30. The summed E-state index contributed by atoms with van der Waals surface area (Å²) in [6.07, 6.45) is 0. The number of hydrogen-bond donors (Lipinski definition) is 1. The van der Waals surface area contributed by atoms with Crippen LogP contribution in [0.2, 0.25) is 0 Å². The maximum absolute atomic E-state index is 13.4. The third kappa shape index (κ3) is 3.86. The molecule has 1 aromatic carbocycles. The Hall–Kier alpha value is -0.280. The summed E-state index contributed by atoms with van der Waals surface area (Å²) in [4.78, 5) is -0.528. The van der Waals surface area contributed by atoms with Crippen molar-refractivity contribution in [2.75, 3.05) is 4.43 Å². The van der Waals surface area contributed by atoms with Crippen LogP contribution in [0.1, 0.15) is 13.8 Å². The first-order valence-corrected chi connectivity index (χ1v) is 8.32. The van der Waals surface area contributed by atoms with Gasteiger partial charge in [0.25, 0.3) is 0 Å². The lowest BCUT2D eigenvalue weighted by atomic mass is 10.1. The molecule has 0 aromatic heterocycles. The van der Waals surface area contributed by atoms with Gasteiger partial charge in [-0.25, -0.2) is 21.9 Å². The molecule has 0 aliphatic carbocycles. The van der Waals surface area contributed by atoms with E-state index in [0.29, 0.717) is 10.5 Å².